The summed E-state index contributed by atoms with van der Waals surface area (Å²) < 4.78 is 15.2. The Morgan fingerprint density at radius 1 is 1.09 bits per heavy atom. The Balaban J connectivity index is 1.22. The largest absolute Gasteiger partial charge is 0.346 e. The number of nitrogens with one attached hydrogen (secondary N) is 1. The molecule has 5 rings (SSSR count). The van der Waals surface area contributed by atoms with E-state index in [9.17, 15) is 9.18 Å². The summed E-state index contributed by atoms with van der Waals surface area (Å²) in [4.78, 5) is 16.4. The fourth-order valence-corrected chi connectivity index (χ4v) is 4.87. The lowest BCUT2D eigenvalue weighted by atomic mass is 10.2. The Bertz CT molecular complexity index is 1220. The fraction of sp³-hybridized carbons (Fsp3) is 0.238. The number of rotatable bonds is 8. The molecule has 1 fully saturated rings. The van der Waals surface area contributed by atoms with Crippen molar-refractivity contribution in [2.24, 2.45) is 0 Å². The summed E-state index contributed by atoms with van der Waals surface area (Å²) in [6.45, 7) is 0.297. The van der Waals surface area contributed by atoms with Gasteiger partial charge in [0.05, 0.1) is 5.75 Å². The molecule has 0 atom stereocenters. The van der Waals surface area contributed by atoms with Crippen LogP contribution < -0.4 is 5.32 Å². The maximum absolute atomic E-state index is 13.0. The molecule has 11 heteroatoms. The van der Waals surface area contributed by atoms with Crippen molar-refractivity contribution in [1.82, 2.24) is 35.3 Å². The number of halogens is 1. The second-order valence-corrected chi connectivity index (χ2v) is 9.25. The maximum atomic E-state index is 13.0. The molecule has 1 N–H and O–H groups in total. The molecule has 1 amide bonds. The fourth-order valence-electron chi connectivity index (χ4n) is 3.13. The van der Waals surface area contributed by atoms with Crippen molar-refractivity contribution in [3.8, 4) is 11.4 Å². The van der Waals surface area contributed by atoms with Gasteiger partial charge < -0.3 is 5.32 Å². The van der Waals surface area contributed by atoms with E-state index in [0.29, 0.717) is 23.3 Å². The summed E-state index contributed by atoms with van der Waals surface area (Å²) in [5, 5.41) is 21.6. The zero-order valence-corrected chi connectivity index (χ0v) is 18.4. The second-order valence-electron chi connectivity index (χ2n) is 7.24. The van der Waals surface area contributed by atoms with Crippen molar-refractivity contribution >= 4 is 29.0 Å². The van der Waals surface area contributed by atoms with E-state index < -0.39 is 0 Å². The predicted molar refractivity (Wildman–Crippen MR) is 119 cm³/mol. The van der Waals surface area contributed by atoms with Gasteiger partial charge in [0.25, 0.3) is 5.91 Å². The van der Waals surface area contributed by atoms with Gasteiger partial charge in [0.15, 0.2) is 11.0 Å². The van der Waals surface area contributed by atoms with Crippen molar-refractivity contribution in [2.45, 2.75) is 36.3 Å². The third kappa shape index (κ3) is 4.68. The topological polar surface area (TPSA) is 98.5 Å². The molecule has 0 radical (unpaired) electrons. The van der Waals surface area contributed by atoms with Crippen LogP contribution in [0.15, 0.2) is 53.9 Å². The number of hydrogen-bond acceptors (Lipinski definition) is 8. The predicted octanol–water partition coefficient (Wildman–Crippen LogP) is 3.89. The van der Waals surface area contributed by atoms with Gasteiger partial charge in [-0.2, -0.15) is 0 Å². The number of nitrogens with zero attached hydrogens (tertiary/aromatic N) is 6. The molecular weight excluding hydrogens is 449 g/mol. The molecule has 1 aliphatic carbocycles. The van der Waals surface area contributed by atoms with Gasteiger partial charge in [0, 0.05) is 30.5 Å². The summed E-state index contributed by atoms with van der Waals surface area (Å²) in [6.07, 6.45) is 5.72. The van der Waals surface area contributed by atoms with Crippen molar-refractivity contribution < 1.29 is 9.18 Å². The van der Waals surface area contributed by atoms with Crippen LogP contribution in [0.5, 0.6) is 0 Å². The van der Waals surface area contributed by atoms with Gasteiger partial charge in [-0.3, -0.25) is 14.3 Å². The SMILES string of the molecule is O=C(NCc1ccc(F)cc1)c1nnc(CSc2nnc(-c3ccncc3)n2C2CC2)s1. The molecule has 3 heterocycles. The van der Waals surface area contributed by atoms with Gasteiger partial charge in [-0.1, -0.05) is 35.2 Å². The average molecular weight is 468 g/mol. The third-order valence-corrected chi connectivity index (χ3v) is 6.93. The Labute approximate surface area is 191 Å². The number of amides is 1. The van der Waals surface area contributed by atoms with Gasteiger partial charge in [0.2, 0.25) is 5.01 Å². The second kappa shape index (κ2) is 9.13. The number of hydrogen-bond donors (Lipinski definition) is 1. The molecule has 0 bridgehead atoms. The smallest absolute Gasteiger partial charge is 0.282 e. The summed E-state index contributed by atoms with van der Waals surface area (Å²) in [5.41, 5.74) is 1.80. The van der Waals surface area contributed by atoms with E-state index in [4.69, 9.17) is 0 Å². The van der Waals surface area contributed by atoms with Crippen molar-refractivity contribution in [2.75, 3.05) is 0 Å². The third-order valence-electron chi connectivity index (χ3n) is 4.87. The van der Waals surface area contributed by atoms with Crippen LogP contribution in [0.2, 0.25) is 0 Å². The minimum atomic E-state index is -0.309. The lowest BCUT2D eigenvalue weighted by molar-refractivity contribution is 0.0950. The highest BCUT2D eigenvalue weighted by atomic mass is 32.2. The van der Waals surface area contributed by atoms with Crippen molar-refractivity contribution in [3.05, 3.63) is 70.2 Å². The van der Waals surface area contributed by atoms with Crippen LogP contribution in [0.1, 0.15) is 39.3 Å². The molecule has 1 aromatic carbocycles. The first-order valence-electron chi connectivity index (χ1n) is 10.0. The number of aromatic nitrogens is 6. The average Bonchev–Trinajstić information content (AvgIpc) is 3.39. The molecule has 1 saturated carbocycles. The molecule has 8 nitrogen and oxygen atoms in total. The van der Waals surface area contributed by atoms with Crippen molar-refractivity contribution in [3.63, 3.8) is 0 Å². The standard InChI is InChI=1S/C21H18FN7OS2/c22-15-3-1-13(2-4-15)11-24-19(30)20-27-25-17(32-20)12-31-21-28-26-18(29(21)16-5-6-16)14-7-9-23-10-8-14/h1-4,7-10,16H,5-6,11-12H2,(H,24,30). The molecule has 0 saturated heterocycles. The van der Waals surface area contributed by atoms with Crippen LogP contribution in [0, 0.1) is 5.82 Å². The number of benzene rings is 1. The molecular formula is C21H18FN7OS2. The molecule has 162 valence electrons. The zero-order valence-electron chi connectivity index (χ0n) is 16.8. The number of carbonyl (C=O) groups is 1. The van der Waals surface area contributed by atoms with Gasteiger partial charge in [-0.25, -0.2) is 4.39 Å². The van der Waals surface area contributed by atoms with Crippen LogP contribution in [0.3, 0.4) is 0 Å². The molecule has 0 spiro atoms. The van der Waals surface area contributed by atoms with Crippen LogP contribution in [0.4, 0.5) is 4.39 Å². The van der Waals surface area contributed by atoms with Crippen LogP contribution in [-0.4, -0.2) is 35.9 Å². The van der Waals surface area contributed by atoms with E-state index in [0.717, 1.165) is 40.0 Å². The maximum Gasteiger partial charge on any atom is 0.282 e. The van der Waals surface area contributed by atoms with E-state index in [-0.39, 0.29) is 11.7 Å². The molecule has 0 aliphatic heterocycles. The van der Waals surface area contributed by atoms with E-state index in [2.05, 4.69) is 35.3 Å². The van der Waals surface area contributed by atoms with Gasteiger partial charge in [0.1, 0.15) is 10.8 Å². The van der Waals surface area contributed by atoms with Crippen molar-refractivity contribution in [1.29, 1.82) is 0 Å². The number of thioether (sulfide) groups is 1. The lowest BCUT2D eigenvalue weighted by Crippen LogP contribution is -2.22. The Kier molecular flexibility index (Phi) is 5.91. The minimum Gasteiger partial charge on any atom is -0.346 e. The summed E-state index contributed by atoms with van der Waals surface area (Å²) in [7, 11) is 0. The summed E-state index contributed by atoms with van der Waals surface area (Å²) >= 11 is 2.79. The highest BCUT2D eigenvalue weighted by molar-refractivity contribution is 7.98. The Morgan fingerprint density at radius 3 is 2.62 bits per heavy atom. The summed E-state index contributed by atoms with van der Waals surface area (Å²) in [6, 6.07) is 10.3. The summed E-state index contributed by atoms with van der Waals surface area (Å²) in [5.74, 6) is 0.779. The van der Waals surface area contributed by atoms with Crippen LogP contribution in [-0.2, 0) is 12.3 Å². The number of pyridine rings is 1. The quantitative estimate of drug-likeness (QED) is 0.393. The Hall–Kier alpha value is -3.18. The molecule has 4 aromatic rings. The van der Waals surface area contributed by atoms with Gasteiger partial charge in [-0.15, -0.1) is 20.4 Å². The van der Waals surface area contributed by atoms with E-state index in [1.165, 1.54) is 35.2 Å². The number of carbonyl (C=O) groups excluding carboxylic acids is 1. The minimum absolute atomic E-state index is 0.295. The molecule has 32 heavy (non-hydrogen) atoms. The first-order chi connectivity index (χ1) is 15.7. The van der Waals surface area contributed by atoms with Gasteiger partial charge in [-0.05, 0) is 42.7 Å². The highest BCUT2D eigenvalue weighted by Gasteiger charge is 2.30. The normalized spacial score (nSPS) is 13.3. The monoisotopic (exact) mass is 467 g/mol. The van der Waals surface area contributed by atoms with Crippen LogP contribution in [0.25, 0.3) is 11.4 Å². The zero-order chi connectivity index (χ0) is 21.9. The van der Waals surface area contributed by atoms with E-state index >= 15 is 0 Å². The van der Waals surface area contributed by atoms with E-state index in [1.54, 1.807) is 24.5 Å². The molecule has 1 aliphatic rings. The lowest BCUT2D eigenvalue weighted by Gasteiger charge is -2.07. The Morgan fingerprint density at radius 2 is 1.88 bits per heavy atom. The first kappa shape index (κ1) is 20.7. The first-order valence-corrected chi connectivity index (χ1v) is 11.8. The van der Waals surface area contributed by atoms with Crippen LogP contribution >= 0.6 is 23.1 Å². The molecule has 3 aromatic heterocycles. The van der Waals surface area contributed by atoms with Gasteiger partial charge >= 0.3 is 0 Å². The highest BCUT2D eigenvalue weighted by Crippen LogP contribution is 2.41. The van der Waals surface area contributed by atoms with E-state index in [1.807, 2.05) is 12.1 Å². The molecule has 0 unspecified atom stereocenters.